The predicted octanol–water partition coefficient (Wildman–Crippen LogP) is 0.964. The molecule has 5 nitrogen and oxygen atoms in total. The zero-order chi connectivity index (χ0) is 12.5. The molecule has 1 unspecified atom stereocenters. The zero-order valence-corrected chi connectivity index (χ0v) is 11.1. The van der Waals surface area contributed by atoms with Crippen molar-refractivity contribution in [3.8, 4) is 0 Å². The summed E-state index contributed by atoms with van der Waals surface area (Å²) in [4.78, 5) is 6.74. The lowest BCUT2D eigenvalue weighted by Crippen LogP contribution is -2.48. The van der Waals surface area contributed by atoms with Crippen LogP contribution in [0, 0.1) is 5.92 Å². The molecule has 3 N–H and O–H groups in total. The van der Waals surface area contributed by atoms with Crippen molar-refractivity contribution in [2.45, 2.75) is 33.1 Å². The summed E-state index contributed by atoms with van der Waals surface area (Å²) in [6, 6.07) is 0. The first-order valence-corrected chi connectivity index (χ1v) is 6.61. The molecule has 1 fully saturated rings. The number of aliphatic imine (C=N–C) groups is 1. The van der Waals surface area contributed by atoms with Crippen molar-refractivity contribution in [2.24, 2.45) is 16.8 Å². The van der Waals surface area contributed by atoms with Gasteiger partial charge in [-0.05, 0) is 32.1 Å². The average molecular weight is 242 g/mol. The minimum Gasteiger partial charge on any atom is -0.382 e. The monoisotopic (exact) mass is 242 g/mol. The van der Waals surface area contributed by atoms with E-state index < -0.39 is 0 Å². The first-order valence-electron chi connectivity index (χ1n) is 6.61. The van der Waals surface area contributed by atoms with Gasteiger partial charge in [0, 0.05) is 32.8 Å². The van der Waals surface area contributed by atoms with Crippen molar-refractivity contribution in [3.63, 3.8) is 0 Å². The summed E-state index contributed by atoms with van der Waals surface area (Å²) in [7, 11) is 0. The Kier molecular flexibility index (Phi) is 6.96. The number of nitrogens with two attached hydrogens (primary N) is 1. The minimum absolute atomic E-state index is 0.728. The number of guanidine groups is 1. The maximum atomic E-state index is 5.54. The van der Waals surface area contributed by atoms with Crippen LogP contribution in [0.5, 0.6) is 0 Å². The van der Waals surface area contributed by atoms with Crippen LogP contribution in [0.15, 0.2) is 4.99 Å². The summed E-state index contributed by atoms with van der Waals surface area (Å²) in [5.41, 5.74) is 2.72. The fourth-order valence-electron chi connectivity index (χ4n) is 2.11. The van der Waals surface area contributed by atoms with E-state index in [0.717, 1.165) is 51.1 Å². The maximum Gasteiger partial charge on any atom is 0.208 e. The molecule has 1 saturated heterocycles. The Labute approximate surface area is 104 Å². The van der Waals surface area contributed by atoms with E-state index in [9.17, 15) is 0 Å². The van der Waals surface area contributed by atoms with Gasteiger partial charge in [-0.3, -0.25) is 10.4 Å². The average Bonchev–Trinajstić information content (AvgIpc) is 2.34. The molecular formula is C12H26N4O. The van der Waals surface area contributed by atoms with Gasteiger partial charge in [-0.1, -0.05) is 6.92 Å². The maximum absolute atomic E-state index is 5.54. The van der Waals surface area contributed by atoms with Crippen LogP contribution >= 0.6 is 0 Å². The number of hydrogen-bond acceptors (Lipinski definition) is 3. The van der Waals surface area contributed by atoms with Crippen molar-refractivity contribution >= 4 is 5.96 Å². The van der Waals surface area contributed by atoms with Crippen LogP contribution in [0.25, 0.3) is 0 Å². The standard InChI is InChI=1S/C12H26N4O/c1-3-17-9-5-7-14-12(15-13)16-8-4-6-11(2)10-16/h11H,3-10,13H2,1-2H3,(H,14,15). The van der Waals surface area contributed by atoms with E-state index in [4.69, 9.17) is 10.6 Å². The van der Waals surface area contributed by atoms with Crippen molar-refractivity contribution in [1.29, 1.82) is 0 Å². The molecule has 0 aromatic rings. The van der Waals surface area contributed by atoms with Crippen molar-refractivity contribution in [2.75, 3.05) is 32.8 Å². The Morgan fingerprint density at radius 3 is 3.06 bits per heavy atom. The van der Waals surface area contributed by atoms with Crippen molar-refractivity contribution in [1.82, 2.24) is 10.3 Å². The Morgan fingerprint density at radius 2 is 2.41 bits per heavy atom. The zero-order valence-electron chi connectivity index (χ0n) is 11.1. The number of likely N-dealkylation sites (tertiary alicyclic amines) is 1. The molecule has 0 aromatic carbocycles. The number of ether oxygens (including phenoxy) is 1. The second kappa shape index (κ2) is 8.31. The third-order valence-electron chi connectivity index (χ3n) is 3.00. The number of piperidine rings is 1. The number of nitrogens with zero attached hydrogens (tertiary/aromatic N) is 2. The first kappa shape index (κ1) is 14.3. The SMILES string of the molecule is CCOCCCN=C(NN)N1CCCC(C)C1. The van der Waals surface area contributed by atoms with E-state index in [0.29, 0.717) is 0 Å². The van der Waals surface area contributed by atoms with E-state index in [-0.39, 0.29) is 0 Å². The van der Waals surface area contributed by atoms with Gasteiger partial charge in [0.2, 0.25) is 5.96 Å². The minimum atomic E-state index is 0.728. The fourth-order valence-corrected chi connectivity index (χ4v) is 2.11. The lowest BCUT2D eigenvalue weighted by atomic mass is 10.0. The lowest BCUT2D eigenvalue weighted by Gasteiger charge is -2.32. The third kappa shape index (κ3) is 5.37. The predicted molar refractivity (Wildman–Crippen MR) is 70.7 cm³/mol. The molecule has 0 radical (unpaired) electrons. The van der Waals surface area contributed by atoms with Gasteiger partial charge in [-0.2, -0.15) is 0 Å². The molecule has 0 aliphatic carbocycles. The van der Waals surface area contributed by atoms with Crippen molar-refractivity contribution in [3.05, 3.63) is 0 Å². The Bertz CT molecular complexity index is 233. The van der Waals surface area contributed by atoms with E-state index in [1.54, 1.807) is 0 Å². The molecule has 100 valence electrons. The molecule has 1 aliphatic heterocycles. The van der Waals surface area contributed by atoms with Gasteiger partial charge in [-0.25, -0.2) is 5.84 Å². The summed E-state index contributed by atoms with van der Waals surface area (Å²) < 4.78 is 5.28. The molecular weight excluding hydrogens is 216 g/mol. The smallest absolute Gasteiger partial charge is 0.208 e. The Balaban J connectivity index is 2.32. The first-order chi connectivity index (χ1) is 8.27. The Hall–Kier alpha value is -0.810. The summed E-state index contributed by atoms with van der Waals surface area (Å²) >= 11 is 0. The number of hydrazine groups is 1. The van der Waals surface area contributed by atoms with Crippen LogP contribution in [-0.4, -0.2) is 43.7 Å². The third-order valence-corrected chi connectivity index (χ3v) is 3.00. The van der Waals surface area contributed by atoms with Crippen LogP contribution in [0.2, 0.25) is 0 Å². The van der Waals surface area contributed by atoms with Gasteiger partial charge < -0.3 is 9.64 Å². The Morgan fingerprint density at radius 1 is 1.59 bits per heavy atom. The number of hydrogen-bond donors (Lipinski definition) is 2. The van der Waals surface area contributed by atoms with Gasteiger partial charge in [-0.15, -0.1) is 0 Å². The van der Waals surface area contributed by atoms with E-state index in [1.165, 1.54) is 12.8 Å². The molecule has 17 heavy (non-hydrogen) atoms. The van der Waals surface area contributed by atoms with Crippen LogP contribution in [0.4, 0.5) is 0 Å². The second-order valence-electron chi connectivity index (χ2n) is 4.59. The van der Waals surface area contributed by atoms with Gasteiger partial charge >= 0.3 is 0 Å². The topological polar surface area (TPSA) is 62.9 Å². The van der Waals surface area contributed by atoms with Gasteiger partial charge in [0.15, 0.2) is 0 Å². The lowest BCUT2D eigenvalue weighted by molar-refractivity contribution is 0.146. The second-order valence-corrected chi connectivity index (χ2v) is 4.59. The summed E-state index contributed by atoms with van der Waals surface area (Å²) in [5, 5.41) is 0. The van der Waals surface area contributed by atoms with E-state index in [1.807, 2.05) is 6.92 Å². The molecule has 1 atom stereocenters. The van der Waals surface area contributed by atoms with Gasteiger partial charge in [0.1, 0.15) is 0 Å². The van der Waals surface area contributed by atoms with Crippen LogP contribution < -0.4 is 11.3 Å². The molecule has 0 spiro atoms. The highest BCUT2D eigenvalue weighted by molar-refractivity contribution is 5.79. The van der Waals surface area contributed by atoms with Gasteiger partial charge in [0.25, 0.3) is 0 Å². The molecule has 5 heteroatoms. The highest BCUT2D eigenvalue weighted by Crippen LogP contribution is 2.15. The molecule has 0 bridgehead atoms. The molecule has 1 heterocycles. The molecule has 1 aliphatic rings. The highest BCUT2D eigenvalue weighted by Gasteiger charge is 2.18. The van der Waals surface area contributed by atoms with Crippen LogP contribution in [0.3, 0.4) is 0 Å². The van der Waals surface area contributed by atoms with Crippen molar-refractivity contribution < 1.29 is 4.74 Å². The number of nitrogens with one attached hydrogen (secondary N) is 1. The molecule has 0 amide bonds. The molecule has 0 aromatic heterocycles. The van der Waals surface area contributed by atoms with E-state index >= 15 is 0 Å². The largest absolute Gasteiger partial charge is 0.382 e. The fraction of sp³-hybridized carbons (Fsp3) is 0.917. The quantitative estimate of drug-likeness (QED) is 0.248. The van der Waals surface area contributed by atoms with E-state index in [2.05, 4.69) is 22.2 Å². The van der Waals surface area contributed by atoms with Crippen LogP contribution in [0.1, 0.15) is 33.1 Å². The van der Waals surface area contributed by atoms with Crippen LogP contribution in [-0.2, 0) is 4.74 Å². The van der Waals surface area contributed by atoms with Gasteiger partial charge in [0.05, 0.1) is 0 Å². The molecule has 0 saturated carbocycles. The molecule has 1 rings (SSSR count). The normalized spacial score (nSPS) is 21.7. The number of rotatable bonds is 5. The summed E-state index contributed by atoms with van der Waals surface area (Å²) in [6.07, 6.45) is 3.47. The summed E-state index contributed by atoms with van der Waals surface area (Å²) in [6.45, 7) is 8.70. The highest BCUT2D eigenvalue weighted by atomic mass is 16.5. The summed E-state index contributed by atoms with van der Waals surface area (Å²) in [5.74, 6) is 7.09.